The van der Waals surface area contributed by atoms with E-state index >= 15 is 0 Å². The molecule has 0 unspecified atom stereocenters. The minimum absolute atomic E-state index is 0. The largest absolute Gasteiger partial charge is 2.00 e. The number of rotatable bonds is 0. The van der Waals surface area contributed by atoms with Crippen LogP contribution in [0.1, 0.15) is 354 Å². The fourth-order valence-corrected chi connectivity index (χ4v) is 15.6. The molecular weight excluding hydrogens is 1480 g/mol. The van der Waals surface area contributed by atoms with E-state index < -0.39 is 23.5 Å². The normalized spacial score (nSPS) is 16.0. The van der Waals surface area contributed by atoms with Crippen LogP contribution in [0.4, 0.5) is 0 Å². The number of hydrogen-bond acceptors (Lipinski definition) is 12. The monoisotopic (exact) mass is 1610 g/mol. The van der Waals surface area contributed by atoms with E-state index in [9.17, 15) is 28.4 Å². The molecule has 0 aromatic heterocycles. The molecule has 3 heterocycles. The molecule has 0 atom stereocenters. The zero-order valence-corrected chi connectivity index (χ0v) is 81.2. The van der Waals surface area contributed by atoms with Crippen LogP contribution >= 0.6 is 23.5 Å². The Morgan fingerprint density at radius 3 is 0.429 bits per heavy atom. The molecule has 18 heteroatoms. The molecule has 12 nitrogen and oxygen atoms in total. The maximum Gasteiger partial charge on any atom is 2.00 e. The van der Waals surface area contributed by atoms with Gasteiger partial charge in [0, 0.05) is 52.6 Å². The smallest absolute Gasteiger partial charge is 1.00 e. The summed E-state index contributed by atoms with van der Waals surface area (Å²) in [6.45, 7) is 76.6. The van der Waals surface area contributed by atoms with E-state index in [0.717, 1.165) is 100 Å². The molecule has 0 radical (unpaired) electrons. The van der Waals surface area contributed by atoms with Crippen LogP contribution in [0.25, 0.3) is 0 Å². The zero-order chi connectivity index (χ0) is 78.2. The van der Waals surface area contributed by atoms with Gasteiger partial charge in [-0.3, -0.25) is 0 Å². The molecule has 0 N–H and O–H groups in total. The number of hydrogen-bond donors (Lipinski definition) is 0. The number of phosphoric ester groups is 3. The molecule has 6 aromatic carbocycles. The van der Waals surface area contributed by atoms with Crippen molar-refractivity contribution in [2.75, 3.05) is 0 Å². The SMILES string of the molecule is CC(C)(C)c1cc2c(c(C(C)(C)C)c1)OP(=O)([O-])Oc1c(cc(C(C)(C)C)cc1C(C)(C)C)C2.CC(C)(C)c1cc2c(c(C(C)(C)C)c1)OP(=O)([O-])Oc1c(cc(C(C)(C)C)cc1C(C)(C)C)C2.CC(C)(C)c1cc2c(c(C(C)(C)C)c1)OP(=O)([O-])Oc1c(cc(C(C)(C)C)cc1C(C)(C)C)C2.[Ca+2].[H-].[H-].[H-].[Mg+2].[Sr+2]. The summed E-state index contributed by atoms with van der Waals surface area (Å²) in [6.07, 6.45) is 1.60. The summed E-state index contributed by atoms with van der Waals surface area (Å²) in [5, 5.41) is 0. The summed E-state index contributed by atoms with van der Waals surface area (Å²) in [7, 11) is -14.0. The maximum absolute atomic E-state index is 13.3. The average molecular weight is 1610 g/mol. The van der Waals surface area contributed by atoms with Crippen LogP contribution in [-0.2, 0) is 97.9 Å². The average Bonchev–Trinajstić information content (AvgIpc) is 0.751. The van der Waals surface area contributed by atoms with Crippen LogP contribution in [0.2, 0.25) is 0 Å². The minimum atomic E-state index is -4.68. The van der Waals surface area contributed by atoms with Crippen molar-refractivity contribution in [2.24, 2.45) is 0 Å². The zero-order valence-electron chi connectivity index (χ0n) is 74.4. The Morgan fingerprint density at radius 2 is 0.343 bits per heavy atom. The van der Waals surface area contributed by atoms with Crippen molar-refractivity contribution in [1.29, 1.82) is 0 Å². The second-order valence-electron chi connectivity index (χ2n) is 41.5. The molecule has 0 spiro atoms. The van der Waals surface area contributed by atoms with Gasteiger partial charge in [-0.1, -0.05) is 322 Å². The summed E-state index contributed by atoms with van der Waals surface area (Å²) in [6, 6.07) is 25.2. The van der Waals surface area contributed by atoms with Gasteiger partial charge >= 0.3 is 130 Å². The predicted molar refractivity (Wildman–Crippen MR) is 439 cm³/mol. The van der Waals surface area contributed by atoms with Crippen LogP contribution in [0, 0.1) is 0 Å². The number of benzene rings is 6. The van der Waals surface area contributed by atoms with E-state index in [0.29, 0.717) is 53.8 Å². The maximum atomic E-state index is 13.3. The van der Waals surface area contributed by atoms with E-state index in [1.807, 2.05) is 0 Å². The standard InChI is InChI=1S/3C29H43O4P.Ca.Mg.Sr.3H/c3*1-26(2,3)20-14-18-13-19-15-21(27(4,5)6)17-23(29(10,11)12)25(19)33-34(30,31)32-24(18)22(16-20)28(7,8)9;;;;;;/h3*14-17H,13H2,1-12H3,(H,30,31);;;;;;/q;;;3*+2;3*-1/p-3. The van der Waals surface area contributed by atoms with Gasteiger partial charge < -0.3 is 46.1 Å². The van der Waals surface area contributed by atoms with Crippen LogP contribution in [0.3, 0.4) is 0 Å². The van der Waals surface area contributed by atoms with Crippen molar-refractivity contribution in [3.8, 4) is 34.5 Å². The molecule has 570 valence electrons. The molecule has 0 saturated heterocycles. The summed E-state index contributed by atoms with van der Waals surface area (Å²) < 4.78 is 74.3. The van der Waals surface area contributed by atoms with Gasteiger partial charge in [-0.15, -0.1) is 0 Å². The third-order valence-electron chi connectivity index (χ3n) is 19.4. The molecule has 0 fully saturated rings. The molecular formula is C87H129CaMgO12P3Sr. The van der Waals surface area contributed by atoms with Gasteiger partial charge in [0.1, 0.15) is 34.5 Å². The van der Waals surface area contributed by atoms with E-state index in [4.69, 9.17) is 27.1 Å². The van der Waals surface area contributed by atoms with E-state index in [2.05, 4.69) is 322 Å². The first-order valence-corrected chi connectivity index (χ1v) is 40.8. The van der Waals surface area contributed by atoms with Gasteiger partial charge in [-0.2, -0.15) is 0 Å². The number of fused-ring (bicyclic) bond motifs is 6. The molecule has 3 aliphatic rings. The fourth-order valence-electron chi connectivity index (χ4n) is 12.9. The van der Waals surface area contributed by atoms with Crippen LogP contribution in [-0.4, -0.2) is 106 Å². The van der Waals surface area contributed by atoms with Gasteiger partial charge in [-0.25, -0.2) is 13.7 Å². The van der Waals surface area contributed by atoms with Crippen molar-refractivity contribution in [3.63, 3.8) is 0 Å². The Hall–Kier alpha value is -1.80. The molecule has 9 rings (SSSR count). The predicted octanol–water partition coefficient (Wildman–Crippen LogP) is 22.3. The Labute approximate surface area is 722 Å². The second kappa shape index (κ2) is 31.9. The Bertz CT molecular complexity index is 3670. The third kappa shape index (κ3) is 23.7. The van der Waals surface area contributed by atoms with Crippen molar-refractivity contribution < 1.29 is 59.8 Å². The van der Waals surface area contributed by atoms with Gasteiger partial charge in [0.15, 0.2) is 0 Å². The first-order valence-electron chi connectivity index (χ1n) is 36.5. The summed E-state index contributed by atoms with van der Waals surface area (Å²) in [5.41, 5.74) is 15.1. The van der Waals surface area contributed by atoms with E-state index in [-0.39, 0.29) is 176 Å². The van der Waals surface area contributed by atoms with E-state index in [1.165, 1.54) is 0 Å². The molecule has 0 saturated carbocycles. The third-order valence-corrected chi connectivity index (χ3v) is 21.8. The molecule has 0 aliphatic carbocycles. The summed E-state index contributed by atoms with van der Waals surface area (Å²) in [5.74, 6) is 2.43. The van der Waals surface area contributed by atoms with Gasteiger partial charge in [-0.05, 0) is 132 Å². The van der Waals surface area contributed by atoms with Crippen LogP contribution in [0.5, 0.6) is 34.5 Å². The first kappa shape index (κ1) is 95.6. The van der Waals surface area contributed by atoms with Crippen molar-refractivity contribution in [2.45, 2.75) is 333 Å². The Balaban J connectivity index is 0.000000788. The first-order chi connectivity index (χ1) is 45.3. The van der Waals surface area contributed by atoms with Crippen LogP contribution in [0.15, 0.2) is 72.8 Å². The van der Waals surface area contributed by atoms with E-state index in [1.54, 1.807) is 0 Å². The van der Waals surface area contributed by atoms with Crippen LogP contribution < -0.4 is 41.8 Å². The topological polar surface area (TPSA) is 176 Å². The summed E-state index contributed by atoms with van der Waals surface area (Å²) >= 11 is 0. The minimum Gasteiger partial charge on any atom is -1.00 e. The Kier molecular flexibility index (Phi) is 29.0. The van der Waals surface area contributed by atoms with Gasteiger partial charge in [0.2, 0.25) is 0 Å². The van der Waals surface area contributed by atoms with Crippen molar-refractivity contribution >= 4 is 130 Å². The Morgan fingerprint density at radius 1 is 0.238 bits per heavy atom. The summed E-state index contributed by atoms with van der Waals surface area (Å²) in [4.78, 5) is 39.8. The molecule has 6 aromatic rings. The second-order valence-corrected chi connectivity index (χ2v) is 45.3. The quantitative estimate of drug-likeness (QED) is 0.104. The molecule has 0 bridgehead atoms. The number of phosphoric acid groups is 3. The molecule has 0 amide bonds. The van der Waals surface area contributed by atoms with Gasteiger partial charge in [0.05, 0.1) is 0 Å². The molecule has 105 heavy (non-hydrogen) atoms. The van der Waals surface area contributed by atoms with Crippen molar-refractivity contribution in [1.82, 2.24) is 0 Å². The molecule has 3 aliphatic heterocycles. The van der Waals surface area contributed by atoms with Gasteiger partial charge in [0.25, 0.3) is 0 Å². The van der Waals surface area contributed by atoms with Crippen molar-refractivity contribution in [3.05, 3.63) is 173 Å². The fraction of sp³-hybridized carbons (Fsp3) is 0.586.